The zero-order chi connectivity index (χ0) is 24.1. The molecule has 1 aliphatic rings. The number of carbonyl (C=O) groups excluding carboxylic acids is 1. The normalized spacial score (nSPS) is 16.4. The summed E-state index contributed by atoms with van der Waals surface area (Å²) in [5.74, 6) is 1.12. The molecule has 0 spiro atoms. The van der Waals surface area contributed by atoms with Crippen LogP contribution in [0.2, 0.25) is 0 Å². The van der Waals surface area contributed by atoms with Gasteiger partial charge < -0.3 is 16.0 Å². The van der Waals surface area contributed by atoms with Gasteiger partial charge in [-0.25, -0.2) is 9.17 Å². The van der Waals surface area contributed by atoms with Crippen LogP contribution in [-0.2, 0) is 19.5 Å². The van der Waals surface area contributed by atoms with Crippen molar-refractivity contribution in [2.75, 3.05) is 30.3 Å². The number of benzene rings is 2. The Bertz CT molecular complexity index is 1170. The molecule has 1 atom stereocenters. The molecule has 8 nitrogen and oxygen atoms in total. The van der Waals surface area contributed by atoms with E-state index in [4.69, 9.17) is 4.18 Å². The highest BCUT2D eigenvalue weighted by Crippen LogP contribution is 2.32. The maximum Gasteiger partial charge on any atom is 0.429 e. The van der Waals surface area contributed by atoms with Crippen molar-refractivity contribution < 1.29 is 17.7 Å². The molecule has 10 heteroatoms. The van der Waals surface area contributed by atoms with Gasteiger partial charge in [-0.2, -0.15) is 0 Å². The summed E-state index contributed by atoms with van der Waals surface area (Å²) in [6, 6.07) is 11.7. The second-order valence-electron chi connectivity index (χ2n) is 8.95. The Morgan fingerprint density at radius 1 is 1.24 bits per heavy atom. The third-order valence-electron chi connectivity index (χ3n) is 5.61. The molecule has 2 aromatic carbocycles. The van der Waals surface area contributed by atoms with E-state index in [0.29, 0.717) is 28.9 Å². The summed E-state index contributed by atoms with van der Waals surface area (Å²) in [7, 11) is -3.73. The molecular formula is C24H31N4O4S2+. The lowest BCUT2D eigenvalue weighted by atomic mass is 9.94. The minimum atomic E-state index is -3.73. The Kier molecular flexibility index (Phi) is 7.82. The molecule has 3 aromatic rings. The number of fused-ring (bicyclic) bond motifs is 1. The van der Waals surface area contributed by atoms with Crippen LogP contribution < -0.4 is 20.1 Å². The first-order chi connectivity index (χ1) is 16.3. The minimum Gasteiger partial charge on any atom is -0.385 e. The van der Waals surface area contributed by atoms with E-state index in [2.05, 4.69) is 34.8 Å². The van der Waals surface area contributed by atoms with Crippen molar-refractivity contribution >= 4 is 48.8 Å². The molecule has 0 aliphatic carbocycles. The van der Waals surface area contributed by atoms with Gasteiger partial charge in [0, 0.05) is 36.9 Å². The molecule has 1 fully saturated rings. The highest BCUT2D eigenvalue weighted by atomic mass is 32.3. The molecule has 2 heterocycles. The molecular weight excluding hydrogens is 472 g/mol. The molecule has 182 valence electrons. The van der Waals surface area contributed by atoms with Gasteiger partial charge in [0.15, 0.2) is 10.9 Å². The number of thiazole rings is 1. The number of hydrogen-bond donors (Lipinski definition) is 4. The lowest BCUT2D eigenvalue weighted by Gasteiger charge is -2.21. The fraction of sp³-hybridized carbons (Fsp3) is 0.417. The van der Waals surface area contributed by atoms with E-state index in [1.54, 1.807) is 42.5 Å². The third kappa shape index (κ3) is 6.53. The van der Waals surface area contributed by atoms with E-state index in [-0.39, 0.29) is 16.6 Å². The lowest BCUT2D eigenvalue weighted by Crippen LogP contribution is -2.30. The summed E-state index contributed by atoms with van der Waals surface area (Å²) in [6.45, 7) is 6.95. The van der Waals surface area contributed by atoms with Crippen LogP contribution in [0.1, 0.15) is 33.1 Å². The van der Waals surface area contributed by atoms with Gasteiger partial charge in [-0.3, -0.25) is 4.79 Å². The average molecular weight is 504 g/mol. The lowest BCUT2D eigenvalue weighted by molar-refractivity contribution is -0.117. The smallest absolute Gasteiger partial charge is 0.385 e. The number of aromatic nitrogens is 1. The SMILES string of the molecule is CC(C)CNc1ccc([S+](=O)(O)Oc2ccc3nc(NC(=O)CC4CCNCC4)sc3c2)cc1. The van der Waals surface area contributed by atoms with E-state index in [1.165, 1.54) is 11.3 Å². The van der Waals surface area contributed by atoms with Crippen molar-refractivity contribution in [1.29, 1.82) is 0 Å². The van der Waals surface area contributed by atoms with Crippen molar-refractivity contribution in [1.82, 2.24) is 10.3 Å². The Morgan fingerprint density at radius 3 is 2.68 bits per heavy atom. The van der Waals surface area contributed by atoms with E-state index in [0.717, 1.165) is 42.9 Å². The number of nitrogens with zero attached hydrogens (tertiary/aromatic N) is 1. The zero-order valence-corrected chi connectivity index (χ0v) is 21.0. The van der Waals surface area contributed by atoms with E-state index >= 15 is 0 Å². The predicted octanol–water partition coefficient (Wildman–Crippen LogP) is 5.02. The van der Waals surface area contributed by atoms with Crippen LogP contribution in [0.5, 0.6) is 5.75 Å². The summed E-state index contributed by atoms with van der Waals surface area (Å²) < 4.78 is 29.6. The molecule has 4 rings (SSSR count). The molecule has 1 saturated heterocycles. The third-order valence-corrected chi connectivity index (χ3v) is 7.83. The van der Waals surface area contributed by atoms with Crippen LogP contribution in [0.3, 0.4) is 0 Å². The number of carbonyl (C=O) groups is 1. The topological polar surface area (TPSA) is 113 Å². The van der Waals surface area contributed by atoms with Crippen LogP contribution in [-0.4, -0.2) is 35.1 Å². The van der Waals surface area contributed by atoms with E-state index in [9.17, 15) is 13.6 Å². The molecule has 1 aromatic heterocycles. The molecule has 0 saturated carbocycles. The second-order valence-corrected chi connectivity index (χ2v) is 11.6. The van der Waals surface area contributed by atoms with Crippen molar-refractivity contribution in [3.8, 4) is 5.75 Å². The Morgan fingerprint density at radius 2 is 1.97 bits per heavy atom. The fourth-order valence-electron chi connectivity index (χ4n) is 3.77. The number of rotatable bonds is 9. The van der Waals surface area contributed by atoms with Crippen molar-refractivity contribution in [3.63, 3.8) is 0 Å². The maximum absolute atomic E-state index is 12.8. The number of nitrogens with one attached hydrogen (secondary N) is 3. The van der Waals surface area contributed by atoms with Crippen LogP contribution in [0, 0.1) is 11.8 Å². The van der Waals surface area contributed by atoms with Crippen LogP contribution >= 0.6 is 11.3 Å². The zero-order valence-electron chi connectivity index (χ0n) is 19.4. The Balaban J connectivity index is 1.40. The quantitative estimate of drug-likeness (QED) is 0.303. The van der Waals surface area contributed by atoms with Gasteiger partial charge in [0.1, 0.15) is 0 Å². The van der Waals surface area contributed by atoms with Gasteiger partial charge >= 0.3 is 10.5 Å². The van der Waals surface area contributed by atoms with Gasteiger partial charge in [-0.15, -0.1) is 4.55 Å². The van der Waals surface area contributed by atoms with Gasteiger partial charge in [-0.1, -0.05) is 25.2 Å². The van der Waals surface area contributed by atoms with Crippen molar-refractivity contribution in [2.24, 2.45) is 11.8 Å². The van der Waals surface area contributed by atoms with Crippen LogP contribution in [0.15, 0.2) is 47.4 Å². The Labute approximate surface area is 205 Å². The number of anilines is 2. The molecule has 0 bridgehead atoms. The minimum absolute atomic E-state index is 0.0351. The number of amides is 1. The second kappa shape index (κ2) is 10.8. The largest absolute Gasteiger partial charge is 0.429 e. The first-order valence-electron chi connectivity index (χ1n) is 11.5. The summed E-state index contributed by atoms with van der Waals surface area (Å²) >= 11 is 1.32. The number of hydrogen-bond acceptors (Lipinski definition) is 7. The molecule has 34 heavy (non-hydrogen) atoms. The standard InChI is InChI=1S/C24H30N4O4S2/c1-16(2)15-26-18-3-6-20(7-4-18)34(30,31)32-19-5-8-21-22(14-19)33-24(27-21)28-23(29)13-17-9-11-25-12-10-17/h3-8,14,16-17,25H,9-13,15H2,1-2H3,(H2-,26,27,28,29,30,31)/p+1. The summed E-state index contributed by atoms with van der Waals surface area (Å²) in [5.41, 5.74) is 1.58. The first kappa shape index (κ1) is 24.6. The summed E-state index contributed by atoms with van der Waals surface area (Å²) in [6.07, 6.45) is 2.50. The van der Waals surface area contributed by atoms with E-state index in [1.807, 2.05) is 0 Å². The van der Waals surface area contributed by atoms with Gasteiger partial charge in [-0.05, 0) is 66.2 Å². The summed E-state index contributed by atoms with van der Waals surface area (Å²) in [5, 5.41) is 9.98. The highest BCUT2D eigenvalue weighted by Gasteiger charge is 2.33. The first-order valence-corrected chi connectivity index (χ1v) is 13.8. The average Bonchev–Trinajstić information content (AvgIpc) is 3.19. The van der Waals surface area contributed by atoms with Gasteiger partial charge in [0.05, 0.1) is 10.2 Å². The molecule has 1 amide bonds. The van der Waals surface area contributed by atoms with E-state index < -0.39 is 10.5 Å². The van der Waals surface area contributed by atoms with Crippen LogP contribution in [0.4, 0.5) is 10.8 Å². The number of piperidine rings is 1. The summed E-state index contributed by atoms with van der Waals surface area (Å²) in [4.78, 5) is 17.1. The highest BCUT2D eigenvalue weighted by molar-refractivity contribution is 7.93. The molecule has 0 radical (unpaired) electrons. The maximum atomic E-state index is 12.8. The van der Waals surface area contributed by atoms with Crippen molar-refractivity contribution in [2.45, 2.75) is 38.0 Å². The molecule has 1 unspecified atom stereocenters. The molecule has 1 aliphatic heterocycles. The van der Waals surface area contributed by atoms with Crippen molar-refractivity contribution in [3.05, 3.63) is 42.5 Å². The van der Waals surface area contributed by atoms with Gasteiger partial charge in [0.2, 0.25) is 10.8 Å². The monoisotopic (exact) mass is 503 g/mol. The van der Waals surface area contributed by atoms with Crippen LogP contribution in [0.25, 0.3) is 10.2 Å². The Hall–Kier alpha value is -2.53. The molecule has 4 N–H and O–H groups in total. The van der Waals surface area contributed by atoms with Gasteiger partial charge in [0.25, 0.3) is 0 Å². The predicted molar refractivity (Wildman–Crippen MR) is 138 cm³/mol. The fourth-order valence-corrected chi connectivity index (χ4v) is 5.63.